The van der Waals surface area contributed by atoms with Crippen LogP contribution in [0.3, 0.4) is 0 Å². The second-order valence-electron chi connectivity index (χ2n) is 6.09. The lowest BCUT2D eigenvalue weighted by molar-refractivity contribution is -0.139. The van der Waals surface area contributed by atoms with Gasteiger partial charge in [0.15, 0.2) is 0 Å². The first-order valence-electron chi connectivity index (χ1n) is 8.32. The SMILES string of the molecule is O=C(NC(c1ccc(C(F)(F)F)cc1)c1ncccc1C(F)(F)F)c1cncnc1. The van der Waals surface area contributed by atoms with Gasteiger partial charge in [-0.3, -0.25) is 9.78 Å². The number of benzene rings is 1. The van der Waals surface area contributed by atoms with Gasteiger partial charge in [0.25, 0.3) is 5.91 Å². The van der Waals surface area contributed by atoms with Gasteiger partial charge in [0.05, 0.1) is 28.4 Å². The van der Waals surface area contributed by atoms with E-state index in [1.807, 2.05) is 0 Å². The lowest BCUT2D eigenvalue weighted by atomic mass is 9.97. The summed E-state index contributed by atoms with van der Waals surface area (Å²) >= 11 is 0. The maximum absolute atomic E-state index is 13.5. The van der Waals surface area contributed by atoms with E-state index in [0.29, 0.717) is 0 Å². The Balaban J connectivity index is 2.07. The van der Waals surface area contributed by atoms with Crippen LogP contribution < -0.4 is 5.32 Å². The lowest BCUT2D eigenvalue weighted by Gasteiger charge is -2.22. The summed E-state index contributed by atoms with van der Waals surface area (Å²) in [5.41, 5.74) is -2.73. The molecule has 0 aliphatic rings. The van der Waals surface area contributed by atoms with Gasteiger partial charge in [-0.2, -0.15) is 26.3 Å². The monoisotopic (exact) mass is 426 g/mol. The third kappa shape index (κ3) is 4.73. The standard InChI is InChI=1S/C19H12F6N4O/c20-18(21,22)13-5-3-11(4-6-13)15(29-17(30)12-8-26-10-27-9-12)16-14(19(23,24)25)2-1-7-28-16/h1-10,15H,(H,29,30). The Labute approximate surface area is 165 Å². The minimum atomic E-state index is -4.80. The smallest absolute Gasteiger partial charge is 0.339 e. The Morgan fingerprint density at radius 3 is 2.10 bits per heavy atom. The molecule has 0 aliphatic heterocycles. The van der Waals surface area contributed by atoms with Gasteiger partial charge in [0.2, 0.25) is 0 Å². The molecular weight excluding hydrogens is 414 g/mol. The molecule has 0 bridgehead atoms. The number of hydrogen-bond acceptors (Lipinski definition) is 4. The minimum Gasteiger partial charge on any atom is -0.339 e. The molecule has 30 heavy (non-hydrogen) atoms. The van der Waals surface area contributed by atoms with E-state index in [1.165, 1.54) is 0 Å². The van der Waals surface area contributed by atoms with Crippen molar-refractivity contribution < 1.29 is 31.1 Å². The number of nitrogens with zero attached hydrogens (tertiary/aromatic N) is 3. The molecule has 0 aliphatic carbocycles. The van der Waals surface area contributed by atoms with Crippen molar-refractivity contribution in [2.75, 3.05) is 0 Å². The third-order valence-electron chi connectivity index (χ3n) is 4.09. The zero-order valence-corrected chi connectivity index (χ0v) is 14.9. The van der Waals surface area contributed by atoms with Crippen molar-refractivity contribution in [3.05, 3.63) is 89.3 Å². The molecular formula is C19H12F6N4O. The van der Waals surface area contributed by atoms with E-state index in [4.69, 9.17) is 0 Å². The van der Waals surface area contributed by atoms with Gasteiger partial charge in [-0.25, -0.2) is 9.97 Å². The van der Waals surface area contributed by atoms with E-state index < -0.39 is 41.1 Å². The number of carbonyl (C=O) groups excluding carboxylic acids is 1. The summed E-state index contributed by atoms with van der Waals surface area (Å²) in [5.74, 6) is -0.820. The molecule has 156 valence electrons. The average Bonchev–Trinajstić information content (AvgIpc) is 2.71. The van der Waals surface area contributed by atoms with Crippen LogP contribution in [-0.2, 0) is 12.4 Å². The largest absolute Gasteiger partial charge is 0.418 e. The highest BCUT2D eigenvalue weighted by atomic mass is 19.4. The maximum atomic E-state index is 13.5. The first kappa shape index (κ1) is 21.2. The molecule has 2 heterocycles. The lowest BCUT2D eigenvalue weighted by Crippen LogP contribution is -2.32. The van der Waals surface area contributed by atoms with Crippen LogP contribution in [0, 0.1) is 0 Å². The molecule has 5 nitrogen and oxygen atoms in total. The maximum Gasteiger partial charge on any atom is 0.418 e. The molecule has 3 rings (SSSR count). The third-order valence-corrected chi connectivity index (χ3v) is 4.09. The molecule has 3 aromatic rings. The number of aromatic nitrogens is 3. The molecule has 2 aromatic heterocycles. The number of amides is 1. The summed E-state index contributed by atoms with van der Waals surface area (Å²) in [7, 11) is 0. The molecule has 1 amide bonds. The van der Waals surface area contributed by atoms with Gasteiger partial charge in [-0.15, -0.1) is 0 Å². The summed E-state index contributed by atoms with van der Waals surface area (Å²) < 4.78 is 79.0. The Kier molecular flexibility index (Phi) is 5.72. The average molecular weight is 426 g/mol. The molecule has 0 saturated heterocycles. The highest BCUT2D eigenvalue weighted by Crippen LogP contribution is 2.36. The number of alkyl halides is 6. The van der Waals surface area contributed by atoms with Gasteiger partial charge in [0, 0.05) is 18.6 Å². The van der Waals surface area contributed by atoms with Gasteiger partial charge < -0.3 is 5.32 Å². The molecule has 1 N–H and O–H groups in total. The van der Waals surface area contributed by atoms with Gasteiger partial charge in [-0.1, -0.05) is 12.1 Å². The molecule has 1 unspecified atom stereocenters. The van der Waals surface area contributed by atoms with Gasteiger partial charge in [-0.05, 0) is 29.8 Å². The molecule has 0 saturated carbocycles. The fourth-order valence-electron chi connectivity index (χ4n) is 2.69. The molecule has 1 aromatic carbocycles. The van der Waals surface area contributed by atoms with Crippen molar-refractivity contribution in [1.82, 2.24) is 20.3 Å². The van der Waals surface area contributed by atoms with Crippen LogP contribution in [0.5, 0.6) is 0 Å². The van der Waals surface area contributed by atoms with Crippen LogP contribution in [0.15, 0.2) is 61.3 Å². The second-order valence-corrected chi connectivity index (χ2v) is 6.09. The number of hydrogen-bond donors (Lipinski definition) is 1. The molecule has 1 atom stereocenters. The summed E-state index contributed by atoms with van der Waals surface area (Å²) in [6, 6.07) is 3.79. The fraction of sp³-hybridized carbons (Fsp3) is 0.158. The second kappa shape index (κ2) is 8.09. The molecule has 0 fully saturated rings. The summed E-state index contributed by atoms with van der Waals surface area (Å²) in [4.78, 5) is 23.6. The first-order valence-corrected chi connectivity index (χ1v) is 8.32. The van der Waals surface area contributed by atoms with Crippen molar-refractivity contribution >= 4 is 5.91 Å². The van der Waals surface area contributed by atoms with Crippen molar-refractivity contribution in [3.8, 4) is 0 Å². The van der Waals surface area contributed by atoms with Crippen LogP contribution in [-0.4, -0.2) is 20.9 Å². The number of pyridine rings is 1. The number of halogens is 6. The van der Waals surface area contributed by atoms with Crippen molar-refractivity contribution in [2.45, 2.75) is 18.4 Å². The van der Waals surface area contributed by atoms with Crippen molar-refractivity contribution in [1.29, 1.82) is 0 Å². The zero-order valence-electron chi connectivity index (χ0n) is 14.9. The van der Waals surface area contributed by atoms with Crippen LogP contribution in [0.25, 0.3) is 0 Å². The number of rotatable bonds is 4. The fourth-order valence-corrected chi connectivity index (χ4v) is 2.69. The Morgan fingerprint density at radius 1 is 0.900 bits per heavy atom. The zero-order chi connectivity index (χ0) is 21.9. The first-order chi connectivity index (χ1) is 14.1. The number of nitrogens with one attached hydrogen (secondary N) is 1. The van der Waals surface area contributed by atoms with Crippen LogP contribution in [0.1, 0.15) is 38.8 Å². The van der Waals surface area contributed by atoms with E-state index in [9.17, 15) is 31.1 Å². The van der Waals surface area contributed by atoms with E-state index >= 15 is 0 Å². The van der Waals surface area contributed by atoms with E-state index in [2.05, 4.69) is 20.3 Å². The predicted octanol–water partition coefficient (Wildman–Crippen LogP) is 4.43. The quantitative estimate of drug-likeness (QED) is 0.627. The van der Waals surface area contributed by atoms with E-state index in [1.54, 1.807) is 0 Å². The van der Waals surface area contributed by atoms with Crippen LogP contribution >= 0.6 is 0 Å². The Hall–Kier alpha value is -3.50. The summed E-state index contributed by atoms with van der Waals surface area (Å²) in [6.45, 7) is 0. The normalized spacial score (nSPS) is 13.0. The predicted molar refractivity (Wildman–Crippen MR) is 92.0 cm³/mol. The Bertz CT molecular complexity index is 1020. The van der Waals surface area contributed by atoms with Crippen molar-refractivity contribution in [3.63, 3.8) is 0 Å². The van der Waals surface area contributed by atoms with Gasteiger partial charge in [0.1, 0.15) is 6.33 Å². The number of carbonyl (C=O) groups is 1. The Morgan fingerprint density at radius 2 is 1.53 bits per heavy atom. The van der Waals surface area contributed by atoms with Crippen LogP contribution in [0.4, 0.5) is 26.3 Å². The summed E-state index contributed by atoms with van der Waals surface area (Å²) in [6.07, 6.45) is -4.87. The molecule has 0 radical (unpaired) electrons. The van der Waals surface area contributed by atoms with E-state index in [0.717, 1.165) is 61.3 Å². The highest BCUT2D eigenvalue weighted by Gasteiger charge is 2.37. The molecule has 11 heteroatoms. The topological polar surface area (TPSA) is 67.8 Å². The highest BCUT2D eigenvalue weighted by molar-refractivity contribution is 5.94. The van der Waals surface area contributed by atoms with E-state index in [-0.39, 0.29) is 11.1 Å². The molecule has 0 spiro atoms. The summed E-state index contributed by atoms with van der Waals surface area (Å²) in [5, 5.41) is 2.37. The minimum absolute atomic E-state index is 0.0163. The van der Waals surface area contributed by atoms with Crippen LogP contribution in [0.2, 0.25) is 0 Å². The van der Waals surface area contributed by atoms with Gasteiger partial charge >= 0.3 is 12.4 Å². The van der Waals surface area contributed by atoms with Crippen molar-refractivity contribution in [2.24, 2.45) is 0 Å².